The number of nitrogens with zero attached hydrogens (tertiary/aromatic N) is 2. The Balaban J connectivity index is 1.66. The van der Waals surface area contributed by atoms with E-state index in [0.717, 1.165) is 30.8 Å². The van der Waals surface area contributed by atoms with E-state index in [1.54, 1.807) is 29.4 Å². The second-order valence-electron chi connectivity index (χ2n) is 7.02. The molecule has 1 atom stereocenters. The molecule has 5 nitrogen and oxygen atoms in total. The molecular formula is C21H27N3O2S. The van der Waals surface area contributed by atoms with Crippen LogP contribution in [0.5, 0.6) is 0 Å². The van der Waals surface area contributed by atoms with Gasteiger partial charge in [-0.2, -0.15) is 0 Å². The van der Waals surface area contributed by atoms with Crippen molar-refractivity contribution < 1.29 is 9.59 Å². The summed E-state index contributed by atoms with van der Waals surface area (Å²) in [4.78, 5) is 30.1. The van der Waals surface area contributed by atoms with E-state index in [1.807, 2.05) is 47.5 Å². The van der Waals surface area contributed by atoms with Crippen molar-refractivity contribution in [3.63, 3.8) is 0 Å². The number of urea groups is 1. The van der Waals surface area contributed by atoms with Gasteiger partial charge in [-0.05, 0) is 49.4 Å². The van der Waals surface area contributed by atoms with Crippen LogP contribution in [0.15, 0.2) is 41.8 Å². The number of thiophene rings is 1. The molecule has 0 aliphatic carbocycles. The molecule has 1 aromatic carbocycles. The molecule has 3 amide bonds. The number of nitrogens with one attached hydrogen (secondary N) is 1. The largest absolute Gasteiger partial charge is 0.339 e. The lowest BCUT2D eigenvalue weighted by Gasteiger charge is -2.24. The minimum absolute atomic E-state index is 0.00749. The molecule has 2 aromatic rings. The molecule has 0 bridgehead atoms. The first-order valence-electron chi connectivity index (χ1n) is 9.53. The molecule has 1 aromatic heterocycles. The van der Waals surface area contributed by atoms with Crippen LogP contribution in [0, 0.1) is 0 Å². The van der Waals surface area contributed by atoms with Gasteiger partial charge in [-0.3, -0.25) is 4.79 Å². The normalized spacial score (nSPS) is 15.7. The fourth-order valence-corrected chi connectivity index (χ4v) is 4.12. The van der Waals surface area contributed by atoms with Crippen LogP contribution in [0.1, 0.15) is 53.9 Å². The smallest absolute Gasteiger partial charge is 0.322 e. The number of hydrogen-bond donors (Lipinski definition) is 1. The lowest BCUT2D eigenvalue weighted by Crippen LogP contribution is -2.33. The van der Waals surface area contributed by atoms with Crippen molar-refractivity contribution >= 4 is 29.0 Å². The standard InChI is InChI=1S/C21H27N3O2S/c1-16(19-11-8-14-27-19)23(2)21(26)22-18-10-7-9-17(15-18)20(25)24-12-5-3-4-6-13-24/h7-11,14-16H,3-6,12-13H2,1-2H3,(H,22,26)/t16-/m1/s1. The Morgan fingerprint density at radius 1 is 1.11 bits per heavy atom. The molecule has 27 heavy (non-hydrogen) atoms. The number of carbonyl (C=O) groups excluding carboxylic acids is 2. The van der Waals surface area contributed by atoms with Crippen molar-refractivity contribution in [1.29, 1.82) is 0 Å². The summed E-state index contributed by atoms with van der Waals surface area (Å²) in [6.07, 6.45) is 4.50. The fraction of sp³-hybridized carbons (Fsp3) is 0.429. The highest BCUT2D eigenvalue weighted by Gasteiger charge is 2.20. The third-order valence-corrected chi connectivity index (χ3v) is 6.15. The minimum atomic E-state index is -0.185. The van der Waals surface area contributed by atoms with Gasteiger partial charge in [0.05, 0.1) is 6.04 Å². The van der Waals surface area contributed by atoms with Crippen molar-refractivity contribution in [2.75, 3.05) is 25.5 Å². The van der Waals surface area contributed by atoms with Crippen molar-refractivity contribution in [1.82, 2.24) is 9.80 Å². The number of hydrogen-bond acceptors (Lipinski definition) is 3. The zero-order valence-corrected chi connectivity index (χ0v) is 16.8. The summed E-state index contributed by atoms with van der Waals surface area (Å²) >= 11 is 1.64. The highest BCUT2D eigenvalue weighted by Crippen LogP contribution is 2.24. The summed E-state index contributed by atoms with van der Waals surface area (Å²) in [5.74, 6) is 0.0494. The summed E-state index contributed by atoms with van der Waals surface area (Å²) < 4.78 is 0. The zero-order valence-electron chi connectivity index (χ0n) is 16.0. The molecule has 144 valence electrons. The molecule has 1 N–H and O–H groups in total. The van der Waals surface area contributed by atoms with E-state index in [1.165, 1.54) is 12.8 Å². The lowest BCUT2D eigenvalue weighted by atomic mass is 10.1. The number of carbonyl (C=O) groups is 2. The third kappa shape index (κ3) is 4.89. The molecule has 3 rings (SSSR count). The van der Waals surface area contributed by atoms with Gasteiger partial charge in [-0.1, -0.05) is 25.0 Å². The van der Waals surface area contributed by atoms with E-state index < -0.39 is 0 Å². The SMILES string of the molecule is C[C@H](c1cccs1)N(C)C(=O)Nc1cccc(C(=O)N2CCCCCC2)c1. The van der Waals surface area contributed by atoms with Gasteiger partial charge < -0.3 is 15.1 Å². The molecule has 1 aliphatic heterocycles. The van der Waals surface area contributed by atoms with E-state index >= 15 is 0 Å². The topological polar surface area (TPSA) is 52.7 Å². The summed E-state index contributed by atoms with van der Waals surface area (Å²) in [5.41, 5.74) is 1.27. The molecule has 0 spiro atoms. The van der Waals surface area contributed by atoms with Gasteiger partial charge in [0.25, 0.3) is 5.91 Å². The second-order valence-corrected chi connectivity index (χ2v) is 8.00. The van der Waals surface area contributed by atoms with Crippen LogP contribution in [0.3, 0.4) is 0 Å². The summed E-state index contributed by atoms with van der Waals surface area (Å²) in [5, 5.41) is 4.93. The van der Waals surface area contributed by atoms with Crippen LogP contribution < -0.4 is 5.32 Å². The van der Waals surface area contributed by atoms with Gasteiger partial charge in [-0.15, -0.1) is 11.3 Å². The van der Waals surface area contributed by atoms with Gasteiger partial charge in [0.15, 0.2) is 0 Å². The molecule has 0 saturated carbocycles. The summed E-state index contributed by atoms with van der Waals surface area (Å²) in [7, 11) is 1.78. The first-order valence-corrected chi connectivity index (χ1v) is 10.4. The van der Waals surface area contributed by atoms with Gasteiger partial charge in [-0.25, -0.2) is 4.79 Å². The van der Waals surface area contributed by atoms with E-state index in [0.29, 0.717) is 11.3 Å². The lowest BCUT2D eigenvalue weighted by molar-refractivity contribution is 0.0761. The minimum Gasteiger partial charge on any atom is -0.339 e. The maximum Gasteiger partial charge on any atom is 0.322 e. The predicted molar refractivity (Wildman–Crippen MR) is 110 cm³/mol. The Morgan fingerprint density at radius 2 is 1.85 bits per heavy atom. The monoisotopic (exact) mass is 385 g/mol. The number of amides is 3. The van der Waals surface area contributed by atoms with Crippen LogP contribution in [0.4, 0.5) is 10.5 Å². The Hall–Kier alpha value is -2.34. The van der Waals surface area contributed by atoms with E-state index in [9.17, 15) is 9.59 Å². The summed E-state index contributed by atoms with van der Waals surface area (Å²) in [6.45, 7) is 3.64. The zero-order chi connectivity index (χ0) is 19.2. The van der Waals surface area contributed by atoms with Gasteiger partial charge in [0, 0.05) is 36.3 Å². The van der Waals surface area contributed by atoms with Crippen LogP contribution in [-0.4, -0.2) is 41.9 Å². The van der Waals surface area contributed by atoms with Crippen molar-refractivity contribution in [2.24, 2.45) is 0 Å². The molecular weight excluding hydrogens is 358 g/mol. The van der Waals surface area contributed by atoms with Crippen molar-refractivity contribution in [3.05, 3.63) is 52.2 Å². The molecule has 1 aliphatic rings. The van der Waals surface area contributed by atoms with Crippen molar-refractivity contribution in [2.45, 2.75) is 38.6 Å². The quantitative estimate of drug-likeness (QED) is 0.806. The average molecular weight is 386 g/mol. The summed E-state index contributed by atoms with van der Waals surface area (Å²) in [6, 6.07) is 11.1. The molecule has 0 radical (unpaired) electrons. The van der Waals surface area contributed by atoms with Gasteiger partial charge >= 0.3 is 6.03 Å². The molecule has 6 heteroatoms. The number of likely N-dealkylation sites (tertiary alicyclic amines) is 1. The number of anilines is 1. The fourth-order valence-electron chi connectivity index (χ4n) is 3.29. The molecule has 1 fully saturated rings. The first kappa shape index (κ1) is 19.4. The maximum absolute atomic E-state index is 12.8. The third-order valence-electron chi connectivity index (χ3n) is 5.11. The Kier molecular flexibility index (Phi) is 6.50. The van der Waals surface area contributed by atoms with Gasteiger partial charge in [0.1, 0.15) is 0 Å². The van der Waals surface area contributed by atoms with E-state index in [4.69, 9.17) is 0 Å². The molecule has 0 unspecified atom stereocenters. The maximum atomic E-state index is 12.8. The first-order chi connectivity index (χ1) is 13.1. The highest BCUT2D eigenvalue weighted by molar-refractivity contribution is 7.10. The number of benzene rings is 1. The molecule has 2 heterocycles. The van der Waals surface area contributed by atoms with Gasteiger partial charge in [0.2, 0.25) is 0 Å². The van der Waals surface area contributed by atoms with E-state index in [-0.39, 0.29) is 18.0 Å². The van der Waals surface area contributed by atoms with Crippen molar-refractivity contribution in [3.8, 4) is 0 Å². The average Bonchev–Trinajstić information content (AvgIpc) is 3.09. The van der Waals surface area contributed by atoms with Crippen LogP contribution >= 0.6 is 11.3 Å². The molecule has 1 saturated heterocycles. The van der Waals surface area contributed by atoms with E-state index in [2.05, 4.69) is 5.32 Å². The Labute approximate surface area is 165 Å². The van der Waals surface area contributed by atoms with Crippen LogP contribution in [-0.2, 0) is 0 Å². The Morgan fingerprint density at radius 3 is 2.52 bits per heavy atom. The predicted octanol–water partition coefficient (Wildman–Crippen LogP) is 4.99. The highest BCUT2D eigenvalue weighted by atomic mass is 32.1. The number of rotatable bonds is 4. The van der Waals surface area contributed by atoms with Crippen LogP contribution in [0.25, 0.3) is 0 Å². The second kappa shape index (κ2) is 9.04. The van der Waals surface area contributed by atoms with Crippen LogP contribution in [0.2, 0.25) is 0 Å². The Bertz CT molecular complexity index is 767.